The lowest BCUT2D eigenvalue weighted by Crippen LogP contribution is -2.35. The summed E-state index contributed by atoms with van der Waals surface area (Å²) in [6, 6.07) is 3.51. The van der Waals surface area contributed by atoms with Crippen LogP contribution in [0, 0.1) is 5.92 Å². The zero-order chi connectivity index (χ0) is 10.6. The van der Waals surface area contributed by atoms with E-state index in [4.69, 9.17) is 5.73 Å². The van der Waals surface area contributed by atoms with Crippen molar-refractivity contribution in [3.63, 3.8) is 0 Å². The lowest BCUT2D eigenvalue weighted by atomic mass is 10.2. The van der Waals surface area contributed by atoms with E-state index in [0.717, 1.165) is 11.4 Å². The SMILES string of the molecule is CC(C)CNC(C(N)=O)c1cccs1. The summed E-state index contributed by atoms with van der Waals surface area (Å²) in [5.41, 5.74) is 5.32. The van der Waals surface area contributed by atoms with E-state index in [1.807, 2.05) is 17.5 Å². The van der Waals surface area contributed by atoms with E-state index in [9.17, 15) is 4.79 Å². The highest BCUT2D eigenvalue weighted by atomic mass is 32.1. The van der Waals surface area contributed by atoms with E-state index < -0.39 is 0 Å². The molecule has 1 atom stereocenters. The number of amides is 1. The lowest BCUT2D eigenvalue weighted by molar-refractivity contribution is -0.120. The van der Waals surface area contributed by atoms with Gasteiger partial charge in [-0.2, -0.15) is 0 Å². The molecule has 4 heteroatoms. The Morgan fingerprint density at radius 2 is 2.36 bits per heavy atom. The van der Waals surface area contributed by atoms with E-state index in [1.54, 1.807) is 11.3 Å². The number of nitrogens with two attached hydrogens (primary N) is 1. The minimum absolute atomic E-state index is 0.312. The maximum atomic E-state index is 11.2. The monoisotopic (exact) mass is 212 g/mol. The van der Waals surface area contributed by atoms with E-state index in [1.165, 1.54) is 0 Å². The largest absolute Gasteiger partial charge is 0.368 e. The molecule has 1 heterocycles. The minimum Gasteiger partial charge on any atom is -0.368 e. The molecule has 0 aliphatic carbocycles. The van der Waals surface area contributed by atoms with Crippen LogP contribution in [0.5, 0.6) is 0 Å². The topological polar surface area (TPSA) is 55.1 Å². The first-order valence-corrected chi connectivity index (χ1v) is 5.55. The van der Waals surface area contributed by atoms with Crippen LogP contribution >= 0.6 is 11.3 Å². The highest BCUT2D eigenvalue weighted by molar-refractivity contribution is 7.10. The molecule has 0 saturated heterocycles. The van der Waals surface area contributed by atoms with Crippen molar-refractivity contribution in [2.75, 3.05) is 6.54 Å². The minimum atomic E-state index is -0.336. The fraction of sp³-hybridized carbons (Fsp3) is 0.500. The highest BCUT2D eigenvalue weighted by Gasteiger charge is 2.17. The van der Waals surface area contributed by atoms with Crippen LogP contribution in [0.4, 0.5) is 0 Å². The predicted molar refractivity (Wildman–Crippen MR) is 59.1 cm³/mol. The molecule has 78 valence electrons. The van der Waals surface area contributed by atoms with Crippen molar-refractivity contribution < 1.29 is 4.79 Å². The van der Waals surface area contributed by atoms with Crippen LogP contribution in [0.25, 0.3) is 0 Å². The molecule has 1 aromatic rings. The number of rotatable bonds is 5. The van der Waals surface area contributed by atoms with Gasteiger partial charge in [0.1, 0.15) is 6.04 Å². The molecule has 1 amide bonds. The molecule has 0 radical (unpaired) electrons. The average Bonchev–Trinajstić information content (AvgIpc) is 2.56. The number of hydrogen-bond donors (Lipinski definition) is 2. The van der Waals surface area contributed by atoms with Gasteiger partial charge in [0.15, 0.2) is 0 Å². The smallest absolute Gasteiger partial charge is 0.239 e. The third-order valence-electron chi connectivity index (χ3n) is 1.84. The second-order valence-electron chi connectivity index (χ2n) is 3.65. The zero-order valence-electron chi connectivity index (χ0n) is 8.49. The standard InChI is InChI=1S/C10H16N2OS/c1-7(2)6-12-9(10(11)13)8-4-3-5-14-8/h3-5,7,9,12H,6H2,1-2H3,(H2,11,13). The first-order valence-electron chi connectivity index (χ1n) is 4.67. The molecular weight excluding hydrogens is 196 g/mol. The van der Waals surface area contributed by atoms with E-state index in [2.05, 4.69) is 19.2 Å². The molecule has 0 aromatic carbocycles. The van der Waals surface area contributed by atoms with Gasteiger partial charge in [-0.15, -0.1) is 11.3 Å². The predicted octanol–water partition coefficient (Wildman–Crippen LogP) is 1.52. The number of carbonyl (C=O) groups excluding carboxylic acids is 1. The molecule has 14 heavy (non-hydrogen) atoms. The van der Waals surface area contributed by atoms with Crippen LogP contribution in [0.2, 0.25) is 0 Å². The molecule has 1 rings (SSSR count). The zero-order valence-corrected chi connectivity index (χ0v) is 9.30. The Kier molecular flexibility index (Phi) is 4.10. The van der Waals surface area contributed by atoms with Gasteiger partial charge in [0, 0.05) is 4.88 Å². The van der Waals surface area contributed by atoms with Crippen molar-refractivity contribution in [3.8, 4) is 0 Å². The molecule has 0 fully saturated rings. The Morgan fingerprint density at radius 3 is 2.79 bits per heavy atom. The van der Waals surface area contributed by atoms with Gasteiger partial charge in [-0.05, 0) is 23.9 Å². The summed E-state index contributed by atoms with van der Waals surface area (Å²) >= 11 is 1.55. The molecule has 0 spiro atoms. The van der Waals surface area contributed by atoms with Crippen LogP contribution < -0.4 is 11.1 Å². The summed E-state index contributed by atoms with van der Waals surface area (Å²) < 4.78 is 0. The summed E-state index contributed by atoms with van der Waals surface area (Å²) in [4.78, 5) is 12.2. The Morgan fingerprint density at radius 1 is 1.64 bits per heavy atom. The van der Waals surface area contributed by atoms with Gasteiger partial charge < -0.3 is 11.1 Å². The average molecular weight is 212 g/mol. The third kappa shape index (κ3) is 3.12. The second-order valence-corrected chi connectivity index (χ2v) is 4.63. The quantitative estimate of drug-likeness (QED) is 0.777. The van der Waals surface area contributed by atoms with Gasteiger partial charge in [0.05, 0.1) is 0 Å². The van der Waals surface area contributed by atoms with Crippen LogP contribution in [0.1, 0.15) is 24.8 Å². The molecule has 0 bridgehead atoms. The van der Waals surface area contributed by atoms with Crippen molar-refractivity contribution in [2.45, 2.75) is 19.9 Å². The maximum Gasteiger partial charge on any atom is 0.239 e. The summed E-state index contributed by atoms with van der Waals surface area (Å²) in [5, 5.41) is 5.10. The normalized spacial score (nSPS) is 13.1. The number of thiophene rings is 1. The van der Waals surface area contributed by atoms with Crippen LogP contribution in [-0.2, 0) is 4.79 Å². The van der Waals surface area contributed by atoms with Gasteiger partial charge >= 0.3 is 0 Å². The first-order chi connectivity index (χ1) is 6.61. The molecular formula is C10H16N2OS. The van der Waals surface area contributed by atoms with Crippen LogP contribution in [-0.4, -0.2) is 12.5 Å². The second kappa shape index (κ2) is 5.12. The molecule has 0 aliphatic heterocycles. The number of carbonyl (C=O) groups is 1. The summed E-state index contributed by atoms with van der Waals surface area (Å²) in [6.45, 7) is 4.99. The van der Waals surface area contributed by atoms with Crippen molar-refractivity contribution in [3.05, 3.63) is 22.4 Å². The fourth-order valence-corrected chi connectivity index (χ4v) is 1.96. The first kappa shape index (κ1) is 11.2. The number of nitrogens with one attached hydrogen (secondary N) is 1. The van der Waals surface area contributed by atoms with Crippen LogP contribution in [0.15, 0.2) is 17.5 Å². The Labute approximate surface area is 88.3 Å². The van der Waals surface area contributed by atoms with E-state index in [-0.39, 0.29) is 11.9 Å². The highest BCUT2D eigenvalue weighted by Crippen LogP contribution is 2.18. The van der Waals surface area contributed by atoms with Gasteiger partial charge in [-0.3, -0.25) is 4.79 Å². The van der Waals surface area contributed by atoms with Gasteiger partial charge in [0.2, 0.25) is 5.91 Å². The van der Waals surface area contributed by atoms with Crippen molar-refractivity contribution >= 4 is 17.2 Å². The summed E-state index contributed by atoms with van der Waals surface area (Å²) in [6.07, 6.45) is 0. The summed E-state index contributed by atoms with van der Waals surface area (Å²) in [5.74, 6) is 0.199. The Balaban J connectivity index is 2.61. The molecule has 1 unspecified atom stereocenters. The number of hydrogen-bond acceptors (Lipinski definition) is 3. The maximum absolute atomic E-state index is 11.2. The molecule has 0 aliphatic rings. The Bertz CT molecular complexity index is 282. The fourth-order valence-electron chi connectivity index (χ4n) is 1.15. The van der Waals surface area contributed by atoms with Crippen molar-refractivity contribution in [1.29, 1.82) is 0 Å². The van der Waals surface area contributed by atoms with Gasteiger partial charge in [0.25, 0.3) is 0 Å². The molecule has 1 aromatic heterocycles. The summed E-state index contributed by atoms with van der Waals surface area (Å²) in [7, 11) is 0. The Hall–Kier alpha value is -0.870. The van der Waals surface area contributed by atoms with Gasteiger partial charge in [-0.1, -0.05) is 19.9 Å². The van der Waals surface area contributed by atoms with E-state index >= 15 is 0 Å². The van der Waals surface area contributed by atoms with E-state index in [0.29, 0.717) is 5.92 Å². The van der Waals surface area contributed by atoms with Crippen molar-refractivity contribution in [1.82, 2.24) is 5.32 Å². The van der Waals surface area contributed by atoms with Crippen LogP contribution in [0.3, 0.4) is 0 Å². The molecule has 0 saturated carbocycles. The lowest BCUT2D eigenvalue weighted by Gasteiger charge is -2.15. The van der Waals surface area contributed by atoms with Gasteiger partial charge in [-0.25, -0.2) is 0 Å². The van der Waals surface area contributed by atoms with Crippen molar-refractivity contribution in [2.24, 2.45) is 11.7 Å². The number of primary amides is 1. The third-order valence-corrected chi connectivity index (χ3v) is 2.78. The molecule has 3 nitrogen and oxygen atoms in total. The molecule has 3 N–H and O–H groups in total.